The maximum Gasteiger partial charge on any atom is 0.310 e. The summed E-state index contributed by atoms with van der Waals surface area (Å²) in [5.74, 6) is 0.161. The van der Waals surface area contributed by atoms with Crippen LogP contribution in [-0.4, -0.2) is 19.7 Å². The molecule has 0 unspecified atom stereocenters. The predicted octanol–water partition coefficient (Wildman–Crippen LogP) is 2.43. The first-order valence-electron chi connectivity index (χ1n) is 5.04. The average Bonchev–Trinajstić information content (AvgIpc) is 2.31. The molecule has 5 heteroatoms. The summed E-state index contributed by atoms with van der Waals surface area (Å²) < 4.78 is 10.6. The van der Waals surface area contributed by atoms with E-state index in [1.165, 1.54) is 7.11 Å². The zero-order chi connectivity index (χ0) is 12.8. The van der Waals surface area contributed by atoms with Crippen LogP contribution in [0.1, 0.15) is 18.1 Å². The first-order valence-corrected chi connectivity index (χ1v) is 5.83. The predicted molar refractivity (Wildman–Crippen MR) is 65.7 cm³/mol. The third kappa shape index (κ3) is 3.46. The fourth-order valence-corrected chi connectivity index (χ4v) is 1.82. The van der Waals surface area contributed by atoms with Crippen LogP contribution in [0.2, 0.25) is 0 Å². The average molecular weight is 298 g/mol. The van der Waals surface area contributed by atoms with Crippen LogP contribution in [0.4, 0.5) is 0 Å². The Morgan fingerprint density at radius 2 is 2.24 bits per heavy atom. The molecule has 0 aromatic heterocycles. The number of hydrogen-bond acceptors (Lipinski definition) is 4. The minimum absolute atomic E-state index is 0.132. The van der Waals surface area contributed by atoms with Crippen LogP contribution in [0.5, 0.6) is 5.75 Å². The zero-order valence-electron chi connectivity index (χ0n) is 9.62. The summed E-state index contributed by atoms with van der Waals surface area (Å²) in [6.07, 6.45) is 0.132. The van der Waals surface area contributed by atoms with Crippen LogP contribution in [-0.2, 0) is 16.0 Å². The summed E-state index contributed by atoms with van der Waals surface area (Å²) in [7, 11) is 1.49. The van der Waals surface area contributed by atoms with E-state index < -0.39 is 0 Å². The first kappa shape index (κ1) is 13.5. The number of rotatable bonds is 4. The molecule has 0 saturated heterocycles. The standard InChI is InChI=1S/C12H12BrNO3/c1-3-17-12(15)5-8-4-9(7-14)11(16-2)6-10(8)13/h4,6H,3,5H2,1-2H3. The molecular weight excluding hydrogens is 286 g/mol. The van der Waals surface area contributed by atoms with Crippen molar-refractivity contribution in [1.29, 1.82) is 5.26 Å². The molecule has 0 spiro atoms. The molecule has 0 fully saturated rings. The normalized spacial score (nSPS) is 9.53. The number of hydrogen-bond donors (Lipinski definition) is 0. The van der Waals surface area contributed by atoms with Crippen LogP contribution in [0.3, 0.4) is 0 Å². The van der Waals surface area contributed by atoms with Crippen molar-refractivity contribution in [3.63, 3.8) is 0 Å². The summed E-state index contributed by atoms with van der Waals surface area (Å²) in [6.45, 7) is 2.10. The van der Waals surface area contributed by atoms with Gasteiger partial charge in [0.2, 0.25) is 0 Å². The van der Waals surface area contributed by atoms with Crippen LogP contribution in [0, 0.1) is 11.3 Å². The van der Waals surface area contributed by atoms with Gasteiger partial charge >= 0.3 is 5.97 Å². The molecule has 90 valence electrons. The number of benzene rings is 1. The molecule has 0 radical (unpaired) electrons. The van der Waals surface area contributed by atoms with Crippen LogP contribution >= 0.6 is 15.9 Å². The number of halogens is 1. The minimum Gasteiger partial charge on any atom is -0.495 e. The Kier molecular flexibility index (Phi) is 4.98. The number of carbonyl (C=O) groups is 1. The molecule has 0 saturated carbocycles. The van der Waals surface area contributed by atoms with Crippen molar-refractivity contribution in [2.75, 3.05) is 13.7 Å². The number of carbonyl (C=O) groups excluding carboxylic acids is 1. The molecule has 0 aliphatic rings. The van der Waals surface area contributed by atoms with E-state index in [1.807, 2.05) is 6.07 Å². The van der Waals surface area contributed by atoms with E-state index in [1.54, 1.807) is 19.1 Å². The summed E-state index contributed by atoms with van der Waals surface area (Å²) in [5.41, 5.74) is 1.11. The number of nitrogens with zero attached hydrogens (tertiary/aromatic N) is 1. The maximum atomic E-state index is 11.4. The number of ether oxygens (including phenoxy) is 2. The van der Waals surface area contributed by atoms with Crippen molar-refractivity contribution in [2.24, 2.45) is 0 Å². The van der Waals surface area contributed by atoms with Gasteiger partial charge in [-0.25, -0.2) is 0 Å². The molecule has 0 heterocycles. The Morgan fingerprint density at radius 1 is 1.53 bits per heavy atom. The fraction of sp³-hybridized carbons (Fsp3) is 0.333. The molecule has 1 rings (SSSR count). The summed E-state index contributed by atoms with van der Waals surface area (Å²) in [4.78, 5) is 11.4. The lowest BCUT2D eigenvalue weighted by Crippen LogP contribution is -2.08. The van der Waals surface area contributed by atoms with E-state index in [2.05, 4.69) is 15.9 Å². The molecule has 4 nitrogen and oxygen atoms in total. The smallest absolute Gasteiger partial charge is 0.310 e. The molecule has 0 bridgehead atoms. The molecular formula is C12H12BrNO3. The lowest BCUT2D eigenvalue weighted by Gasteiger charge is -2.08. The van der Waals surface area contributed by atoms with Crippen molar-refractivity contribution >= 4 is 21.9 Å². The molecule has 1 aromatic carbocycles. The van der Waals surface area contributed by atoms with Gasteiger partial charge in [0.25, 0.3) is 0 Å². The minimum atomic E-state index is -0.317. The highest BCUT2D eigenvalue weighted by Crippen LogP contribution is 2.27. The van der Waals surface area contributed by atoms with Crippen molar-refractivity contribution in [3.05, 3.63) is 27.7 Å². The van der Waals surface area contributed by atoms with Crippen molar-refractivity contribution < 1.29 is 14.3 Å². The first-order chi connectivity index (χ1) is 8.12. The van der Waals surface area contributed by atoms with Gasteiger partial charge in [-0.3, -0.25) is 4.79 Å². The highest BCUT2D eigenvalue weighted by Gasteiger charge is 2.12. The lowest BCUT2D eigenvalue weighted by molar-refractivity contribution is -0.142. The van der Waals surface area contributed by atoms with Gasteiger partial charge in [-0.15, -0.1) is 0 Å². The van der Waals surface area contributed by atoms with E-state index in [0.717, 1.165) is 4.47 Å². The van der Waals surface area contributed by atoms with E-state index in [4.69, 9.17) is 14.7 Å². The lowest BCUT2D eigenvalue weighted by atomic mass is 10.1. The third-order valence-corrected chi connectivity index (χ3v) is 2.87. The Morgan fingerprint density at radius 3 is 2.76 bits per heavy atom. The fourth-order valence-electron chi connectivity index (χ4n) is 1.36. The van der Waals surface area contributed by atoms with Crippen LogP contribution in [0.25, 0.3) is 0 Å². The van der Waals surface area contributed by atoms with Gasteiger partial charge in [-0.1, -0.05) is 15.9 Å². The SMILES string of the molecule is CCOC(=O)Cc1cc(C#N)c(OC)cc1Br. The maximum absolute atomic E-state index is 11.4. The van der Waals surface area contributed by atoms with Gasteiger partial charge < -0.3 is 9.47 Å². The number of nitriles is 1. The van der Waals surface area contributed by atoms with Crippen molar-refractivity contribution in [1.82, 2.24) is 0 Å². The Hall–Kier alpha value is -1.54. The van der Waals surface area contributed by atoms with Gasteiger partial charge in [-0.2, -0.15) is 5.26 Å². The second-order valence-electron chi connectivity index (χ2n) is 3.24. The molecule has 0 aliphatic heterocycles. The van der Waals surface area contributed by atoms with Gasteiger partial charge in [0.1, 0.15) is 11.8 Å². The molecule has 0 atom stereocenters. The summed E-state index contributed by atoms with van der Waals surface area (Å²) in [5, 5.41) is 8.94. The summed E-state index contributed by atoms with van der Waals surface area (Å²) >= 11 is 3.33. The van der Waals surface area contributed by atoms with Gasteiger partial charge in [0, 0.05) is 4.47 Å². The van der Waals surface area contributed by atoms with Gasteiger partial charge in [-0.05, 0) is 24.6 Å². The monoisotopic (exact) mass is 297 g/mol. The molecule has 1 aromatic rings. The van der Waals surface area contributed by atoms with Crippen molar-refractivity contribution in [3.8, 4) is 11.8 Å². The summed E-state index contributed by atoms with van der Waals surface area (Å²) in [6, 6.07) is 5.32. The van der Waals surface area contributed by atoms with E-state index in [0.29, 0.717) is 23.5 Å². The van der Waals surface area contributed by atoms with Crippen LogP contribution < -0.4 is 4.74 Å². The van der Waals surface area contributed by atoms with Gasteiger partial charge in [0.15, 0.2) is 0 Å². The van der Waals surface area contributed by atoms with Crippen LogP contribution in [0.15, 0.2) is 16.6 Å². The highest BCUT2D eigenvalue weighted by atomic mass is 79.9. The zero-order valence-corrected chi connectivity index (χ0v) is 11.2. The number of methoxy groups -OCH3 is 1. The molecule has 17 heavy (non-hydrogen) atoms. The molecule has 0 N–H and O–H groups in total. The number of esters is 1. The second-order valence-corrected chi connectivity index (χ2v) is 4.09. The Bertz CT molecular complexity index is 466. The quantitative estimate of drug-likeness (QED) is 0.801. The second kappa shape index (κ2) is 6.26. The van der Waals surface area contributed by atoms with E-state index >= 15 is 0 Å². The topological polar surface area (TPSA) is 59.3 Å². The van der Waals surface area contributed by atoms with Gasteiger partial charge in [0.05, 0.1) is 25.7 Å². The third-order valence-electron chi connectivity index (χ3n) is 2.13. The van der Waals surface area contributed by atoms with E-state index in [9.17, 15) is 4.79 Å². The Balaban J connectivity index is 3.01. The molecule has 0 amide bonds. The van der Waals surface area contributed by atoms with Crippen molar-refractivity contribution in [2.45, 2.75) is 13.3 Å². The highest BCUT2D eigenvalue weighted by molar-refractivity contribution is 9.10. The molecule has 0 aliphatic carbocycles. The Labute approximate surface area is 108 Å². The van der Waals surface area contributed by atoms with E-state index in [-0.39, 0.29) is 12.4 Å². The largest absolute Gasteiger partial charge is 0.495 e.